The highest BCUT2D eigenvalue weighted by molar-refractivity contribution is 6.00. The van der Waals surface area contributed by atoms with Crippen molar-refractivity contribution >= 4 is 29.5 Å². The number of ether oxygens (including phenoxy) is 1. The highest BCUT2D eigenvalue weighted by Crippen LogP contribution is 2.37. The van der Waals surface area contributed by atoms with Gasteiger partial charge >= 0.3 is 6.09 Å². The van der Waals surface area contributed by atoms with Gasteiger partial charge in [0.1, 0.15) is 17.7 Å². The van der Waals surface area contributed by atoms with Crippen molar-refractivity contribution in [1.29, 1.82) is 0 Å². The van der Waals surface area contributed by atoms with Crippen LogP contribution in [0.15, 0.2) is 36.4 Å². The lowest BCUT2D eigenvalue weighted by atomic mass is 9.97. The maximum atomic E-state index is 14.2. The molecule has 0 bridgehead atoms. The summed E-state index contributed by atoms with van der Waals surface area (Å²) in [5.41, 5.74) is 9.71. The first-order valence-electron chi connectivity index (χ1n) is 13.7. The Labute approximate surface area is 236 Å². The van der Waals surface area contributed by atoms with E-state index in [2.05, 4.69) is 10.6 Å². The first kappa shape index (κ1) is 30.7. The number of nitrogens with one attached hydrogen (secondary N) is 2. The Morgan fingerprint density at radius 1 is 1.00 bits per heavy atom. The summed E-state index contributed by atoms with van der Waals surface area (Å²) in [6.45, 7) is 12.9. The van der Waals surface area contributed by atoms with Gasteiger partial charge in [-0.3, -0.25) is 14.4 Å². The molecule has 0 spiro atoms. The zero-order valence-electron chi connectivity index (χ0n) is 24.6. The average Bonchev–Trinajstić information content (AvgIpc) is 3.65. The number of hydrogen-bond donors (Lipinski definition) is 3. The molecule has 216 valence electrons. The van der Waals surface area contributed by atoms with E-state index in [9.17, 15) is 19.2 Å². The number of rotatable bonds is 10. The van der Waals surface area contributed by atoms with Crippen molar-refractivity contribution < 1.29 is 23.9 Å². The van der Waals surface area contributed by atoms with Crippen LogP contribution >= 0.6 is 0 Å². The van der Waals surface area contributed by atoms with Gasteiger partial charge in [-0.2, -0.15) is 0 Å². The maximum Gasteiger partial charge on any atom is 0.408 e. The van der Waals surface area contributed by atoms with Gasteiger partial charge in [-0.1, -0.05) is 47.5 Å². The molecule has 40 heavy (non-hydrogen) atoms. The lowest BCUT2D eigenvalue weighted by molar-refractivity contribution is -0.141. The van der Waals surface area contributed by atoms with Crippen molar-refractivity contribution in [3.8, 4) is 0 Å². The number of carbonyl (C=O) groups is 4. The van der Waals surface area contributed by atoms with Gasteiger partial charge in [0.25, 0.3) is 5.91 Å². The van der Waals surface area contributed by atoms with Gasteiger partial charge in [-0.15, -0.1) is 0 Å². The van der Waals surface area contributed by atoms with Gasteiger partial charge in [0, 0.05) is 18.2 Å². The van der Waals surface area contributed by atoms with Gasteiger partial charge in [0.05, 0.1) is 0 Å². The van der Waals surface area contributed by atoms with Crippen LogP contribution in [0.5, 0.6) is 0 Å². The van der Waals surface area contributed by atoms with Gasteiger partial charge in [-0.25, -0.2) is 4.79 Å². The molecule has 9 nitrogen and oxygen atoms in total. The third kappa shape index (κ3) is 8.31. The number of hydrogen-bond acceptors (Lipinski definition) is 5. The molecular weight excluding hydrogens is 508 g/mol. The maximum absolute atomic E-state index is 14.2. The van der Waals surface area contributed by atoms with E-state index in [0.717, 1.165) is 35.1 Å². The molecule has 2 atom stereocenters. The molecule has 1 fully saturated rings. The first-order chi connectivity index (χ1) is 18.7. The fourth-order valence-electron chi connectivity index (χ4n) is 4.85. The quantitative estimate of drug-likeness (QED) is 0.393. The SMILES string of the molecule is Cc1cc(C)cc(C(C(=O)Nc2c(C)cccc2C)N(C(=O)C(CCC(N)=O)NC(=O)OC(C)(C)C)C2CC2)c1. The molecule has 2 aromatic carbocycles. The Bertz CT molecular complexity index is 1240. The monoisotopic (exact) mass is 550 g/mol. The molecule has 1 aliphatic rings. The minimum absolute atomic E-state index is 0.0191. The molecule has 2 aromatic rings. The number of amides is 4. The van der Waals surface area contributed by atoms with Crippen molar-refractivity contribution in [1.82, 2.24) is 10.2 Å². The second kappa shape index (κ2) is 12.5. The Morgan fingerprint density at radius 3 is 2.08 bits per heavy atom. The lowest BCUT2D eigenvalue weighted by Gasteiger charge is -2.35. The Morgan fingerprint density at radius 2 is 1.57 bits per heavy atom. The summed E-state index contributed by atoms with van der Waals surface area (Å²) in [6.07, 6.45) is 0.522. The van der Waals surface area contributed by atoms with Crippen molar-refractivity contribution in [3.05, 3.63) is 64.2 Å². The highest BCUT2D eigenvalue weighted by Gasteiger charge is 2.44. The molecule has 4 amide bonds. The molecule has 0 heterocycles. The fraction of sp³-hybridized carbons (Fsp3) is 0.484. The van der Waals surface area contributed by atoms with Crippen molar-refractivity contribution in [3.63, 3.8) is 0 Å². The van der Waals surface area contributed by atoms with Crippen LogP contribution in [-0.2, 0) is 19.1 Å². The van der Waals surface area contributed by atoms with E-state index in [-0.39, 0.29) is 24.8 Å². The molecule has 0 aliphatic heterocycles. The Kier molecular flexibility index (Phi) is 9.60. The van der Waals surface area contributed by atoms with Crippen molar-refractivity contribution in [2.24, 2.45) is 5.73 Å². The number of primary amides is 1. The minimum atomic E-state index is -1.11. The van der Waals surface area contributed by atoms with Crippen LogP contribution in [0.1, 0.15) is 80.3 Å². The minimum Gasteiger partial charge on any atom is -0.444 e. The summed E-state index contributed by atoms with van der Waals surface area (Å²) < 4.78 is 5.39. The molecule has 1 aliphatic carbocycles. The summed E-state index contributed by atoms with van der Waals surface area (Å²) >= 11 is 0. The summed E-state index contributed by atoms with van der Waals surface area (Å²) in [6, 6.07) is 9.32. The van der Waals surface area contributed by atoms with Crippen molar-refractivity contribution in [2.75, 3.05) is 5.32 Å². The number of para-hydroxylation sites is 1. The van der Waals surface area contributed by atoms with Crippen molar-refractivity contribution in [2.45, 2.75) is 97.9 Å². The second-order valence-electron chi connectivity index (χ2n) is 11.8. The van der Waals surface area contributed by atoms with Crippen LogP contribution in [0.25, 0.3) is 0 Å². The largest absolute Gasteiger partial charge is 0.444 e. The number of anilines is 1. The summed E-state index contributed by atoms with van der Waals surface area (Å²) in [4.78, 5) is 54.3. The van der Waals surface area contributed by atoms with E-state index in [1.807, 2.05) is 64.1 Å². The van der Waals surface area contributed by atoms with Gasteiger partial charge in [-0.05, 0) is 84.4 Å². The zero-order chi connectivity index (χ0) is 29.8. The summed E-state index contributed by atoms with van der Waals surface area (Å²) in [5.74, 6) is -1.41. The van der Waals surface area contributed by atoms with E-state index in [0.29, 0.717) is 11.3 Å². The molecule has 1 saturated carbocycles. The van der Waals surface area contributed by atoms with Crippen LogP contribution < -0.4 is 16.4 Å². The topological polar surface area (TPSA) is 131 Å². The first-order valence-corrected chi connectivity index (χ1v) is 13.7. The summed E-state index contributed by atoms with van der Waals surface area (Å²) in [7, 11) is 0. The molecule has 9 heteroatoms. The number of nitrogens with zero attached hydrogens (tertiary/aromatic N) is 1. The normalized spacial score (nSPS) is 14.6. The molecular formula is C31H42N4O5. The molecule has 0 radical (unpaired) electrons. The smallest absolute Gasteiger partial charge is 0.408 e. The second-order valence-corrected chi connectivity index (χ2v) is 11.8. The molecule has 0 saturated heterocycles. The third-order valence-electron chi connectivity index (χ3n) is 6.68. The predicted octanol–water partition coefficient (Wildman–Crippen LogP) is 4.75. The molecule has 3 rings (SSSR count). The highest BCUT2D eigenvalue weighted by atomic mass is 16.6. The van der Waals surface area contributed by atoms with Gasteiger partial charge in [0.15, 0.2) is 0 Å². The van der Waals surface area contributed by atoms with E-state index in [1.54, 1.807) is 25.7 Å². The van der Waals surface area contributed by atoms with Crippen LogP contribution in [-0.4, -0.2) is 46.4 Å². The molecule has 0 aromatic heterocycles. The fourth-order valence-corrected chi connectivity index (χ4v) is 4.85. The zero-order valence-corrected chi connectivity index (χ0v) is 24.6. The standard InChI is InChI=1S/C31H42N4O5/c1-18-15-19(2)17-22(16-18)27(28(37)34-26-20(3)9-8-10-21(26)4)35(23-11-12-23)29(38)24(13-14-25(32)36)33-30(39)40-31(5,6)7/h8-10,15-17,23-24,27H,11-14H2,1-7H3,(H2,32,36)(H,33,39)(H,34,37). The molecule has 4 N–H and O–H groups in total. The van der Waals surface area contributed by atoms with E-state index >= 15 is 0 Å². The van der Waals surface area contributed by atoms with Crippen LogP contribution in [0.2, 0.25) is 0 Å². The van der Waals surface area contributed by atoms with Crippen LogP contribution in [0.3, 0.4) is 0 Å². The molecule has 2 unspecified atom stereocenters. The van der Waals surface area contributed by atoms with E-state index < -0.39 is 35.6 Å². The number of alkyl carbamates (subject to hydrolysis) is 1. The summed E-state index contributed by atoms with van der Waals surface area (Å²) in [5, 5.41) is 5.71. The number of aryl methyl sites for hydroxylation is 4. The van der Waals surface area contributed by atoms with Crippen LogP contribution in [0.4, 0.5) is 10.5 Å². The number of carbonyl (C=O) groups excluding carboxylic acids is 4. The van der Waals surface area contributed by atoms with E-state index in [1.165, 1.54) is 0 Å². The number of benzene rings is 2. The van der Waals surface area contributed by atoms with Gasteiger partial charge in [0.2, 0.25) is 11.8 Å². The Balaban J connectivity index is 2.06. The Hall–Kier alpha value is -3.88. The van der Waals surface area contributed by atoms with E-state index in [4.69, 9.17) is 10.5 Å². The third-order valence-corrected chi connectivity index (χ3v) is 6.68. The average molecular weight is 551 g/mol. The van der Waals surface area contributed by atoms with Crippen LogP contribution in [0, 0.1) is 27.7 Å². The predicted molar refractivity (Wildman–Crippen MR) is 155 cm³/mol. The van der Waals surface area contributed by atoms with Gasteiger partial charge < -0.3 is 26.0 Å². The lowest BCUT2D eigenvalue weighted by Crippen LogP contribution is -2.53. The number of nitrogens with two attached hydrogens (primary N) is 1.